The van der Waals surface area contributed by atoms with Gasteiger partial charge in [0, 0.05) is 24.3 Å². The van der Waals surface area contributed by atoms with Crippen LogP contribution in [0.25, 0.3) is 32.7 Å². The van der Waals surface area contributed by atoms with Crippen molar-refractivity contribution in [2.45, 2.75) is 95.4 Å². The van der Waals surface area contributed by atoms with E-state index in [1.54, 1.807) is 10.9 Å². The molecule has 0 spiro atoms. The number of nitrogens with zero attached hydrogens (tertiary/aromatic N) is 1. The van der Waals surface area contributed by atoms with Gasteiger partial charge in [-0.1, -0.05) is 113 Å². The Bertz CT molecular complexity index is 1380. The fourth-order valence-electron chi connectivity index (χ4n) is 7.24. The number of rotatable bonds is 6. The first kappa shape index (κ1) is 25.9. The second-order valence-electron chi connectivity index (χ2n) is 12.1. The maximum absolute atomic E-state index is 2.59. The molecule has 0 heterocycles. The van der Waals surface area contributed by atoms with E-state index < -0.39 is 0 Å². The van der Waals surface area contributed by atoms with Crippen molar-refractivity contribution in [2.24, 2.45) is 0 Å². The molecule has 0 bridgehead atoms. The zero-order chi connectivity index (χ0) is 26.1. The first-order chi connectivity index (χ1) is 18.6. The summed E-state index contributed by atoms with van der Waals surface area (Å²) in [5, 5.41) is 7.27. The molecule has 0 N–H and O–H groups in total. The normalized spacial score (nSPS) is 17.6. The molecule has 6 rings (SSSR count). The first-order valence-corrected chi connectivity index (χ1v) is 16.7. The Balaban J connectivity index is 1.68. The minimum absolute atomic E-state index is 0.231. The quantitative estimate of drug-likeness (QED) is 0.228. The smallest absolute Gasteiger partial charge is 0.0452 e. The Kier molecular flexibility index (Phi) is 7.76. The van der Waals surface area contributed by atoms with Gasteiger partial charge in [-0.05, 0) is 89.3 Å². The van der Waals surface area contributed by atoms with Gasteiger partial charge in [-0.15, -0.1) is 0 Å². The molecule has 4 aromatic rings. The molecule has 1 nitrogen and oxygen atoms in total. The van der Waals surface area contributed by atoms with Crippen LogP contribution in [-0.4, -0.2) is 24.4 Å². The number of benzene rings is 4. The first-order valence-electron chi connectivity index (χ1n) is 15.2. The van der Waals surface area contributed by atoms with Gasteiger partial charge in [0.05, 0.1) is 0 Å². The molecule has 0 radical (unpaired) electrons. The lowest BCUT2D eigenvalue weighted by Crippen LogP contribution is -2.28. The topological polar surface area (TPSA) is 3.24 Å². The summed E-state index contributed by atoms with van der Waals surface area (Å²) in [6, 6.07) is 28.5. The van der Waals surface area contributed by atoms with E-state index in [9.17, 15) is 0 Å². The van der Waals surface area contributed by atoms with Crippen LogP contribution >= 0.6 is 7.92 Å². The number of anilines is 1. The van der Waals surface area contributed by atoms with Crippen LogP contribution in [0.15, 0.2) is 72.8 Å². The van der Waals surface area contributed by atoms with Gasteiger partial charge in [-0.2, -0.15) is 0 Å². The SMILES string of the molecule is CC(C)N(C)c1ccc2ccccc2c1-c1c(P(C2CCCCC2)C2CCCCC2)ccc2ccccc12. The van der Waals surface area contributed by atoms with Gasteiger partial charge in [-0.3, -0.25) is 0 Å². The van der Waals surface area contributed by atoms with Crippen LogP contribution in [0.4, 0.5) is 5.69 Å². The molecule has 0 unspecified atom stereocenters. The fraction of sp³-hybridized carbons (Fsp3) is 0.444. The average molecular weight is 522 g/mol. The van der Waals surface area contributed by atoms with E-state index >= 15 is 0 Å². The maximum Gasteiger partial charge on any atom is 0.0452 e. The van der Waals surface area contributed by atoms with E-state index in [2.05, 4.69) is 98.6 Å². The molecule has 38 heavy (non-hydrogen) atoms. The highest BCUT2D eigenvalue weighted by molar-refractivity contribution is 7.67. The van der Waals surface area contributed by atoms with Gasteiger partial charge in [0.25, 0.3) is 0 Å². The van der Waals surface area contributed by atoms with E-state index in [4.69, 9.17) is 0 Å². The summed E-state index contributed by atoms with van der Waals surface area (Å²) in [5.74, 6) is 0. The van der Waals surface area contributed by atoms with Gasteiger partial charge in [0.15, 0.2) is 0 Å². The monoisotopic (exact) mass is 521 g/mol. The standard InChI is InChI=1S/C36H44NP/c1-26(2)37(3)33-24-22-27-14-10-12-20-31(27)35(33)36-32-21-13-11-15-28(32)23-25-34(36)38(29-16-6-4-7-17-29)30-18-8-5-9-19-30/h10-15,20-26,29-30H,4-9,16-19H2,1-3H3. The van der Waals surface area contributed by atoms with E-state index in [-0.39, 0.29) is 7.92 Å². The van der Waals surface area contributed by atoms with Gasteiger partial charge in [0.2, 0.25) is 0 Å². The van der Waals surface area contributed by atoms with Crippen molar-refractivity contribution in [1.29, 1.82) is 0 Å². The Hall–Kier alpha value is -2.37. The number of fused-ring (bicyclic) bond motifs is 2. The van der Waals surface area contributed by atoms with Crippen LogP contribution in [0.5, 0.6) is 0 Å². The summed E-state index contributed by atoms with van der Waals surface area (Å²) in [6.07, 6.45) is 14.3. The number of hydrogen-bond acceptors (Lipinski definition) is 1. The zero-order valence-electron chi connectivity index (χ0n) is 23.6. The van der Waals surface area contributed by atoms with Crippen molar-refractivity contribution in [3.8, 4) is 11.1 Å². The van der Waals surface area contributed by atoms with Gasteiger partial charge in [-0.25, -0.2) is 0 Å². The Morgan fingerprint density at radius 1 is 0.605 bits per heavy atom. The molecule has 2 aliphatic rings. The molecule has 0 amide bonds. The maximum atomic E-state index is 2.59. The summed E-state index contributed by atoms with van der Waals surface area (Å²) >= 11 is 0. The van der Waals surface area contributed by atoms with E-state index in [0.29, 0.717) is 6.04 Å². The van der Waals surface area contributed by atoms with Crippen LogP contribution in [0, 0.1) is 0 Å². The van der Waals surface area contributed by atoms with Crippen LogP contribution in [0.1, 0.15) is 78.1 Å². The van der Waals surface area contributed by atoms with Gasteiger partial charge >= 0.3 is 0 Å². The van der Waals surface area contributed by atoms with Crippen molar-refractivity contribution in [2.75, 3.05) is 11.9 Å². The van der Waals surface area contributed by atoms with E-state index in [1.165, 1.54) is 97.0 Å². The summed E-state index contributed by atoms with van der Waals surface area (Å²) < 4.78 is 0. The Morgan fingerprint density at radius 2 is 1.11 bits per heavy atom. The highest BCUT2D eigenvalue weighted by Crippen LogP contribution is 2.57. The Morgan fingerprint density at radius 3 is 1.66 bits per heavy atom. The number of hydrogen-bond donors (Lipinski definition) is 0. The van der Waals surface area contributed by atoms with Crippen molar-refractivity contribution in [3.05, 3.63) is 72.8 Å². The zero-order valence-corrected chi connectivity index (χ0v) is 24.5. The van der Waals surface area contributed by atoms with E-state index in [0.717, 1.165) is 11.3 Å². The highest BCUT2D eigenvalue weighted by atomic mass is 31.1. The predicted octanol–water partition coefficient (Wildman–Crippen LogP) is 10.3. The third-order valence-electron chi connectivity index (χ3n) is 9.43. The fourth-order valence-corrected chi connectivity index (χ4v) is 11.2. The Labute approximate surface area is 231 Å². The molecule has 2 saturated carbocycles. The van der Waals surface area contributed by atoms with Gasteiger partial charge in [0.1, 0.15) is 0 Å². The summed E-state index contributed by atoms with van der Waals surface area (Å²) in [7, 11) is 2.06. The minimum Gasteiger partial charge on any atom is -0.372 e. The molecular weight excluding hydrogens is 477 g/mol. The third kappa shape index (κ3) is 4.88. The molecule has 0 aliphatic heterocycles. The molecule has 2 fully saturated rings. The van der Waals surface area contributed by atoms with Crippen LogP contribution in [0.3, 0.4) is 0 Å². The molecule has 0 aromatic heterocycles. The molecule has 2 heteroatoms. The predicted molar refractivity (Wildman–Crippen MR) is 171 cm³/mol. The van der Waals surface area contributed by atoms with Crippen LogP contribution in [0.2, 0.25) is 0 Å². The second kappa shape index (κ2) is 11.4. The lowest BCUT2D eigenvalue weighted by molar-refractivity contribution is 0.487. The summed E-state index contributed by atoms with van der Waals surface area (Å²) in [5.41, 5.74) is 6.14. The molecule has 0 atom stereocenters. The second-order valence-corrected chi connectivity index (χ2v) is 14.8. The average Bonchev–Trinajstić information content (AvgIpc) is 2.97. The molecule has 2 aliphatic carbocycles. The van der Waals surface area contributed by atoms with Crippen LogP contribution < -0.4 is 10.2 Å². The van der Waals surface area contributed by atoms with Crippen molar-refractivity contribution in [3.63, 3.8) is 0 Å². The van der Waals surface area contributed by atoms with Crippen molar-refractivity contribution < 1.29 is 0 Å². The van der Waals surface area contributed by atoms with E-state index in [1.807, 2.05) is 0 Å². The minimum atomic E-state index is -0.231. The summed E-state index contributed by atoms with van der Waals surface area (Å²) in [4.78, 5) is 2.50. The summed E-state index contributed by atoms with van der Waals surface area (Å²) in [6.45, 7) is 4.64. The molecule has 0 saturated heterocycles. The van der Waals surface area contributed by atoms with Crippen molar-refractivity contribution >= 4 is 40.5 Å². The lowest BCUT2D eigenvalue weighted by atomic mass is 9.91. The van der Waals surface area contributed by atoms with Gasteiger partial charge < -0.3 is 4.90 Å². The third-order valence-corrected chi connectivity index (χ3v) is 13.0. The largest absolute Gasteiger partial charge is 0.372 e. The molecule has 4 aromatic carbocycles. The molecule has 198 valence electrons. The van der Waals surface area contributed by atoms with Crippen molar-refractivity contribution in [1.82, 2.24) is 0 Å². The van der Waals surface area contributed by atoms with Crippen LogP contribution in [-0.2, 0) is 0 Å². The lowest BCUT2D eigenvalue weighted by Gasteiger charge is -2.40. The molecular formula is C36H44NP. The highest BCUT2D eigenvalue weighted by Gasteiger charge is 2.35.